The van der Waals surface area contributed by atoms with Gasteiger partial charge in [0.1, 0.15) is 6.54 Å². The molecule has 28 heavy (non-hydrogen) atoms. The molecule has 0 unspecified atom stereocenters. The van der Waals surface area contributed by atoms with Crippen LogP contribution in [0.3, 0.4) is 0 Å². The van der Waals surface area contributed by atoms with E-state index in [1.807, 2.05) is 75.4 Å². The third-order valence-electron chi connectivity index (χ3n) is 4.70. The highest BCUT2D eigenvalue weighted by Crippen LogP contribution is 2.24. The van der Waals surface area contributed by atoms with Gasteiger partial charge in [-0.05, 0) is 43.4 Å². The topological polar surface area (TPSA) is 61.4 Å². The number of anilines is 2. The van der Waals surface area contributed by atoms with E-state index >= 15 is 0 Å². The molecule has 0 spiro atoms. The third kappa shape index (κ3) is 4.31. The summed E-state index contributed by atoms with van der Waals surface area (Å²) in [7, 11) is 1.61. The molecule has 3 aromatic rings. The van der Waals surface area contributed by atoms with E-state index in [1.165, 1.54) is 4.90 Å². The largest absolute Gasteiger partial charge is 0.324 e. The molecule has 5 nitrogen and oxygen atoms in total. The molecule has 0 saturated carbocycles. The molecule has 144 valence electrons. The van der Waals surface area contributed by atoms with Crippen LogP contribution in [0.2, 0.25) is 0 Å². The molecular weight excluding hydrogens is 350 g/mol. The fraction of sp³-hybridized carbons (Fsp3) is 0.217. The van der Waals surface area contributed by atoms with Gasteiger partial charge < -0.3 is 15.5 Å². The standard InChI is InChI=1S/C23H25N3O2/c1-15-12-16(2)22(17(3)13-15)25-21(27)14-26(4)23(28)24-20-11-7-9-18-8-5-6-10-19(18)20/h5-13H,14H2,1-4H3,(H,24,28)(H,25,27). The molecule has 0 radical (unpaired) electrons. The van der Waals surface area contributed by atoms with Crippen molar-refractivity contribution >= 4 is 34.1 Å². The molecule has 0 aliphatic carbocycles. The number of nitrogens with zero attached hydrogens (tertiary/aromatic N) is 1. The minimum Gasteiger partial charge on any atom is -0.324 e. The van der Waals surface area contributed by atoms with Gasteiger partial charge in [-0.1, -0.05) is 54.1 Å². The SMILES string of the molecule is Cc1cc(C)c(NC(=O)CN(C)C(=O)Nc2cccc3ccccc23)c(C)c1. The van der Waals surface area contributed by atoms with Crippen molar-refractivity contribution in [1.29, 1.82) is 0 Å². The zero-order valence-electron chi connectivity index (χ0n) is 16.7. The number of nitrogens with one attached hydrogen (secondary N) is 2. The highest BCUT2D eigenvalue weighted by molar-refractivity contribution is 6.03. The molecule has 0 aliphatic heterocycles. The maximum atomic E-state index is 12.6. The second kappa shape index (κ2) is 8.13. The van der Waals surface area contributed by atoms with Crippen molar-refractivity contribution in [2.24, 2.45) is 0 Å². The summed E-state index contributed by atoms with van der Waals surface area (Å²) >= 11 is 0. The number of fused-ring (bicyclic) bond motifs is 1. The van der Waals surface area contributed by atoms with Crippen molar-refractivity contribution in [3.8, 4) is 0 Å². The van der Waals surface area contributed by atoms with Crippen LogP contribution in [-0.4, -0.2) is 30.4 Å². The Hall–Kier alpha value is -3.34. The Bertz CT molecular complexity index is 1010. The summed E-state index contributed by atoms with van der Waals surface area (Å²) < 4.78 is 0. The molecule has 0 fully saturated rings. The van der Waals surface area contributed by atoms with Crippen LogP contribution < -0.4 is 10.6 Å². The number of amides is 3. The Morgan fingerprint density at radius 2 is 1.54 bits per heavy atom. The predicted octanol–water partition coefficient (Wildman–Crippen LogP) is 4.87. The third-order valence-corrected chi connectivity index (χ3v) is 4.70. The lowest BCUT2D eigenvalue weighted by Gasteiger charge is -2.19. The van der Waals surface area contributed by atoms with Gasteiger partial charge >= 0.3 is 6.03 Å². The Kier molecular flexibility index (Phi) is 5.64. The fourth-order valence-corrected chi connectivity index (χ4v) is 3.39. The molecule has 0 bridgehead atoms. The summed E-state index contributed by atoms with van der Waals surface area (Å²) in [5, 5.41) is 7.82. The normalized spacial score (nSPS) is 10.6. The number of urea groups is 1. The smallest absolute Gasteiger partial charge is 0.322 e. The van der Waals surface area contributed by atoms with Gasteiger partial charge in [0.05, 0.1) is 5.69 Å². The van der Waals surface area contributed by atoms with E-state index in [4.69, 9.17) is 0 Å². The second-order valence-corrected chi connectivity index (χ2v) is 7.13. The first-order valence-electron chi connectivity index (χ1n) is 9.22. The molecule has 0 heterocycles. The number of carbonyl (C=O) groups excluding carboxylic acids is 2. The molecule has 3 rings (SSSR count). The molecule has 5 heteroatoms. The summed E-state index contributed by atoms with van der Waals surface area (Å²) in [5.41, 5.74) is 4.70. The zero-order chi connectivity index (χ0) is 20.3. The van der Waals surface area contributed by atoms with Crippen LogP contribution in [0.5, 0.6) is 0 Å². The number of aryl methyl sites for hydroxylation is 3. The Labute approximate surface area is 165 Å². The molecule has 3 amide bonds. The summed E-state index contributed by atoms with van der Waals surface area (Å²) in [6.07, 6.45) is 0. The Balaban J connectivity index is 1.66. The van der Waals surface area contributed by atoms with Crippen LogP contribution in [0.25, 0.3) is 10.8 Å². The summed E-state index contributed by atoms with van der Waals surface area (Å²) in [6.45, 7) is 5.92. The van der Waals surface area contributed by atoms with Crippen molar-refractivity contribution in [3.05, 3.63) is 71.3 Å². The van der Waals surface area contributed by atoms with Crippen molar-refractivity contribution in [2.45, 2.75) is 20.8 Å². The van der Waals surface area contributed by atoms with Gasteiger partial charge in [-0.3, -0.25) is 4.79 Å². The fourth-order valence-electron chi connectivity index (χ4n) is 3.39. The minimum atomic E-state index is -0.330. The first-order valence-corrected chi connectivity index (χ1v) is 9.22. The Morgan fingerprint density at radius 3 is 2.25 bits per heavy atom. The van der Waals surface area contributed by atoms with E-state index in [2.05, 4.69) is 10.6 Å². The number of benzene rings is 3. The molecule has 3 aromatic carbocycles. The van der Waals surface area contributed by atoms with Crippen LogP contribution in [0, 0.1) is 20.8 Å². The van der Waals surface area contributed by atoms with E-state index in [0.717, 1.165) is 38.8 Å². The van der Waals surface area contributed by atoms with Crippen LogP contribution in [0.1, 0.15) is 16.7 Å². The number of hydrogen-bond donors (Lipinski definition) is 2. The van der Waals surface area contributed by atoms with Crippen LogP contribution in [0.4, 0.5) is 16.2 Å². The van der Waals surface area contributed by atoms with E-state index in [1.54, 1.807) is 7.05 Å². The van der Waals surface area contributed by atoms with Gasteiger partial charge in [0.2, 0.25) is 5.91 Å². The van der Waals surface area contributed by atoms with E-state index in [0.29, 0.717) is 0 Å². The van der Waals surface area contributed by atoms with E-state index < -0.39 is 0 Å². The lowest BCUT2D eigenvalue weighted by atomic mass is 10.1. The van der Waals surface area contributed by atoms with Crippen molar-refractivity contribution in [1.82, 2.24) is 4.90 Å². The average molecular weight is 375 g/mol. The molecule has 0 saturated heterocycles. The number of rotatable bonds is 4. The maximum Gasteiger partial charge on any atom is 0.322 e. The van der Waals surface area contributed by atoms with Crippen molar-refractivity contribution in [2.75, 3.05) is 24.2 Å². The molecular formula is C23H25N3O2. The lowest BCUT2D eigenvalue weighted by Crippen LogP contribution is -2.37. The minimum absolute atomic E-state index is 0.0383. The molecule has 0 atom stereocenters. The van der Waals surface area contributed by atoms with Gasteiger partial charge in [-0.2, -0.15) is 0 Å². The zero-order valence-corrected chi connectivity index (χ0v) is 16.7. The predicted molar refractivity (Wildman–Crippen MR) is 115 cm³/mol. The van der Waals surface area contributed by atoms with Crippen molar-refractivity contribution in [3.63, 3.8) is 0 Å². The first kappa shape index (κ1) is 19.4. The van der Waals surface area contributed by atoms with Gasteiger partial charge in [0.15, 0.2) is 0 Å². The second-order valence-electron chi connectivity index (χ2n) is 7.13. The van der Waals surface area contributed by atoms with E-state index in [-0.39, 0.29) is 18.5 Å². The quantitative estimate of drug-likeness (QED) is 0.683. The van der Waals surface area contributed by atoms with Crippen LogP contribution in [0.15, 0.2) is 54.6 Å². The van der Waals surface area contributed by atoms with Gasteiger partial charge in [-0.25, -0.2) is 4.79 Å². The lowest BCUT2D eigenvalue weighted by molar-refractivity contribution is -0.116. The number of hydrogen-bond acceptors (Lipinski definition) is 2. The summed E-state index contributed by atoms with van der Waals surface area (Å²) in [4.78, 5) is 26.4. The average Bonchev–Trinajstić information content (AvgIpc) is 2.65. The van der Waals surface area contributed by atoms with E-state index in [9.17, 15) is 9.59 Å². The summed E-state index contributed by atoms with van der Waals surface area (Å²) in [6, 6.07) is 17.3. The van der Waals surface area contributed by atoms with Crippen LogP contribution >= 0.6 is 0 Å². The Morgan fingerprint density at radius 1 is 0.893 bits per heavy atom. The number of carbonyl (C=O) groups is 2. The van der Waals surface area contributed by atoms with Gasteiger partial charge in [-0.15, -0.1) is 0 Å². The highest BCUT2D eigenvalue weighted by atomic mass is 16.2. The van der Waals surface area contributed by atoms with Gasteiger partial charge in [0, 0.05) is 18.1 Å². The molecule has 0 aliphatic rings. The highest BCUT2D eigenvalue weighted by Gasteiger charge is 2.15. The monoisotopic (exact) mass is 375 g/mol. The maximum absolute atomic E-state index is 12.6. The molecule has 0 aromatic heterocycles. The summed E-state index contributed by atoms with van der Waals surface area (Å²) in [5.74, 6) is -0.231. The number of likely N-dealkylation sites (N-methyl/N-ethyl adjacent to an activating group) is 1. The first-order chi connectivity index (χ1) is 13.3. The van der Waals surface area contributed by atoms with Crippen LogP contribution in [-0.2, 0) is 4.79 Å². The van der Waals surface area contributed by atoms with Crippen molar-refractivity contribution < 1.29 is 9.59 Å². The van der Waals surface area contributed by atoms with Gasteiger partial charge in [0.25, 0.3) is 0 Å². The molecule has 2 N–H and O–H groups in total.